The standard InChI is InChI=1S/C9H8Cl2F3N/c10-6-2-1-5(3-7(6)11)8(15)4-9(12,13)14/h1-3,8H,4,15H2/t8-/m1/s1. The average molecular weight is 258 g/mol. The lowest BCUT2D eigenvalue weighted by Crippen LogP contribution is -2.20. The molecule has 2 N–H and O–H groups in total. The minimum Gasteiger partial charge on any atom is -0.324 e. The summed E-state index contributed by atoms with van der Waals surface area (Å²) in [7, 11) is 0. The number of hydrogen-bond donors (Lipinski definition) is 1. The van der Waals surface area contributed by atoms with Crippen molar-refractivity contribution in [3.05, 3.63) is 33.8 Å². The Bertz CT molecular complexity index is 352. The van der Waals surface area contributed by atoms with Gasteiger partial charge in [0.1, 0.15) is 0 Å². The van der Waals surface area contributed by atoms with Crippen LogP contribution in [0.1, 0.15) is 18.0 Å². The highest BCUT2D eigenvalue weighted by molar-refractivity contribution is 6.42. The second-order valence-electron chi connectivity index (χ2n) is 3.10. The zero-order chi connectivity index (χ0) is 11.6. The Labute approximate surface area is 95.0 Å². The van der Waals surface area contributed by atoms with Crippen molar-refractivity contribution in [2.24, 2.45) is 5.73 Å². The van der Waals surface area contributed by atoms with Crippen molar-refractivity contribution >= 4 is 23.2 Å². The van der Waals surface area contributed by atoms with E-state index in [0.29, 0.717) is 10.6 Å². The first kappa shape index (κ1) is 12.6. The molecule has 0 radical (unpaired) electrons. The third kappa shape index (κ3) is 3.89. The fraction of sp³-hybridized carbons (Fsp3) is 0.333. The zero-order valence-corrected chi connectivity index (χ0v) is 9.00. The summed E-state index contributed by atoms with van der Waals surface area (Å²) >= 11 is 11.3. The van der Waals surface area contributed by atoms with Crippen molar-refractivity contribution in [2.75, 3.05) is 0 Å². The molecule has 1 rings (SSSR count). The Morgan fingerprint density at radius 1 is 1.20 bits per heavy atom. The van der Waals surface area contributed by atoms with Crippen LogP contribution in [0, 0.1) is 0 Å². The summed E-state index contributed by atoms with van der Waals surface area (Å²) in [5.41, 5.74) is 5.70. The van der Waals surface area contributed by atoms with Crippen molar-refractivity contribution in [1.82, 2.24) is 0 Å². The fourth-order valence-electron chi connectivity index (χ4n) is 1.11. The van der Waals surface area contributed by atoms with Crippen LogP contribution in [0.5, 0.6) is 0 Å². The van der Waals surface area contributed by atoms with Crippen molar-refractivity contribution in [1.29, 1.82) is 0 Å². The Morgan fingerprint density at radius 3 is 2.27 bits per heavy atom. The first-order valence-electron chi connectivity index (χ1n) is 4.07. The van der Waals surface area contributed by atoms with Crippen LogP contribution in [0.3, 0.4) is 0 Å². The highest BCUT2D eigenvalue weighted by atomic mass is 35.5. The Hall–Kier alpha value is -0.450. The summed E-state index contributed by atoms with van der Waals surface area (Å²) in [5.74, 6) is 0. The topological polar surface area (TPSA) is 26.0 Å². The molecule has 0 saturated heterocycles. The van der Waals surface area contributed by atoms with E-state index in [4.69, 9.17) is 28.9 Å². The van der Waals surface area contributed by atoms with Gasteiger partial charge >= 0.3 is 6.18 Å². The number of nitrogens with two attached hydrogens (primary N) is 1. The van der Waals surface area contributed by atoms with E-state index in [9.17, 15) is 13.2 Å². The summed E-state index contributed by atoms with van der Waals surface area (Å²) in [6, 6.07) is 3.10. The first-order valence-corrected chi connectivity index (χ1v) is 4.82. The van der Waals surface area contributed by atoms with Crippen LogP contribution in [0.15, 0.2) is 18.2 Å². The maximum Gasteiger partial charge on any atom is 0.390 e. The molecule has 0 fully saturated rings. The molecule has 0 aliphatic rings. The number of hydrogen-bond acceptors (Lipinski definition) is 1. The second kappa shape index (κ2) is 4.60. The van der Waals surface area contributed by atoms with Gasteiger partial charge in [0.15, 0.2) is 0 Å². The van der Waals surface area contributed by atoms with Gasteiger partial charge in [0, 0.05) is 6.04 Å². The van der Waals surface area contributed by atoms with Crippen LogP contribution >= 0.6 is 23.2 Å². The molecule has 0 unspecified atom stereocenters. The predicted octanol–water partition coefficient (Wildman–Crippen LogP) is 3.95. The summed E-state index contributed by atoms with van der Waals surface area (Å²) < 4.78 is 36.1. The normalized spacial score (nSPS) is 14.0. The van der Waals surface area contributed by atoms with Crippen LogP contribution in [0.2, 0.25) is 10.0 Å². The van der Waals surface area contributed by atoms with E-state index < -0.39 is 18.6 Å². The van der Waals surface area contributed by atoms with Gasteiger partial charge in [-0.25, -0.2) is 0 Å². The largest absolute Gasteiger partial charge is 0.390 e. The highest BCUT2D eigenvalue weighted by Gasteiger charge is 2.30. The summed E-state index contributed by atoms with van der Waals surface area (Å²) in [4.78, 5) is 0. The lowest BCUT2D eigenvalue weighted by atomic mass is 10.0. The Kier molecular flexibility index (Phi) is 3.87. The molecule has 0 amide bonds. The van der Waals surface area contributed by atoms with E-state index in [1.807, 2.05) is 0 Å². The van der Waals surface area contributed by atoms with E-state index in [2.05, 4.69) is 0 Å². The maximum atomic E-state index is 12.0. The van der Waals surface area contributed by atoms with Gasteiger partial charge in [0.05, 0.1) is 16.5 Å². The van der Waals surface area contributed by atoms with Gasteiger partial charge in [-0.05, 0) is 17.7 Å². The summed E-state index contributed by atoms with van der Waals surface area (Å²) in [6.45, 7) is 0. The third-order valence-corrected chi connectivity index (χ3v) is 2.56. The molecule has 15 heavy (non-hydrogen) atoms. The van der Waals surface area contributed by atoms with E-state index in [1.54, 1.807) is 0 Å². The minimum absolute atomic E-state index is 0.201. The Balaban J connectivity index is 2.83. The van der Waals surface area contributed by atoms with Crippen molar-refractivity contribution < 1.29 is 13.2 Å². The molecule has 0 spiro atoms. The van der Waals surface area contributed by atoms with E-state index in [0.717, 1.165) is 0 Å². The fourth-order valence-corrected chi connectivity index (χ4v) is 1.42. The van der Waals surface area contributed by atoms with Gasteiger partial charge in [-0.15, -0.1) is 0 Å². The molecule has 0 aliphatic carbocycles. The number of alkyl halides is 3. The van der Waals surface area contributed by atoms with Crippen molar-refractivity contribution in [2.45, 2.75) is 18.6 Å². The molecule has 0 saturated carbocycles. The average Bonchev–Trinajstić information content (AvgIpc) is 2.06. The zero-order valence-electron chi connectivity index (χ0n) is 7.48. The molecule has 1 atom stereocenters. The van der Waals surface area contributed by atoms with E-state index in [1.165, 1.54) is 18.2 Å². The molecular weight excluding hydrogens is 250 g/mol. The number of halogens is 5. The number of benzene rings is 1. The van der Waals surface area contributed by atoms with E-state index >= 15 is 0 Å². The molecule has 1 aromatic carbocycles. The molecule has 1 aromatic rings. The molecular formula is C9H8Cl2F3N. The quantitative estimate of drug-likeness (QED) is 0.853. The van der Waals surface area contributed by atoms with Crippen LogP contribution in [-0.2, 0) is 0 Å². The Morgan fingerprint density at radius 2 is 1.80 bits per heavy atom. The molecule has 0 aromatic heterocycles. The third-order valence-electron chi connectivity index (χ3n) is 1.82. The SMILES string of the molecule is N[C@H](CC(F)(F)F)c1ccc(Cl)c(Cl)c1. The van der Waals surface area contributed by atoms with Gasteiger partial charge in [-0.3, -0.25) is 0 Å². The summed E-state index contributed by atoms with van der Waals surface area (Å²) in [6.07, 6.45) is -5.36. The monoisotopic (exact) mass is 257 g/mol. The molecule has 0 bridgehead atoms. The first-order chi connectivity index (χ1) is 6.79. The second-order valence-corrected chi connectivity index (χ2v) is 3.91. The smallest absolute Gasteiger partial charge is 0.324 e. The highest BCUT2D eigenvalue weighted by Crippen LogP contribution is 2.30. The van der Waals surface area contributed by atoms with Crippen LogP contribution < -0.4 is 5.73 Å². The lowest BCUT2D eigenvalue weighted by Gasteiger charge is -2.14. The summed E-state index contributed by atoms with van der Waals surface area (Å²) in [5, 5.41) is 0.492. The van der Waals surface area contributed by atoms with Gasteiger partial charge < -0.3 is 5.73 Å². The van der Waals surface area contributed by atoms with Crippen LogP contribution in [-0.4, -0.2) is 6.18 Å². The lowest BCUT2D eigenvalue weighted by molar-refractivity contribution is -0.138. The van der Waals surface area contributed by atoms with Gasteiger partial charge in [-0.2, -0.15) is 13.2 Å². The molecule has 0 aliphatic heterocycles. The predicted molar refractivity (Wildman–Crippen MR) is 54.1 cm³/mol. The minimum atomic E-state index is -4.29. The van der Waals surface area contributed by atoms with Gasteiger partial charge in [0.2, 0.25) is 0 Å². The number of rotatable bonds is 2. The van der Waals surface area contributed by atoms with Gasteiger partial charge in [-0.1, -0.05) is 29.3 Å². The van der Waals surface area contributed by atoms with Crippen LogP contribution in [0.4, 0.5) is 13.2 Å². The van der Waals surface area contributed by atoms with E-state index in [-0.39, 0.29) is 5.02 Å². The van der Waals surface area contributed by atoms with Gasteiger partial charge in [0.25, 0.3) is 0 Å². The molecule has 0 heterocycles. The molecule has 1 nitrogen and oxygen atoms in total. The van der Waals surface area contributed by atoms with Crippen molar-refractivity contribution in [3.8, 4) is 0 Å². The van der Waals surface area contributed by atoms with Crippen LogP contribution in [0.25, 0.3) is 0 Å². The molecule has 6 heteroatoms. The molecule has 84 valence electrons. The van der Waals surface area contributed by atoms with Crippen molar-refractivity contribution in [3.63, 3.8) is 0 Å². The maximum absolute atomic E-state index is 12.0.